The molecule has 0 aliphatic rings. The Balaban J connectivity index is 1.49. The molecule has 138 valence electrons. The first kappa shape index (κ1) is 18.9. The standard InChI is InChI=1S/C19H14Cl2N2O4/c20-13-6-7-15(16(21)8-13)19(25)22-10-18(24)26-11-14-9-17(27-23-14)12-4-2-1-3-5-12/h1-9H,10-11H2,(H,22,25). The summed E-state index contributed by atoms with van der Waals surface area (Å²) in [4.78, 5) is 23.9. The van der Waals surface area contributed by atoms with E-state index in [0.29, 0.717) is 16.5 Å². The Kier molecular flexibility index (Phi) is 6.11. The number of nitrogens with one attached hydrogen (secondary N) is 1. The van der Waals surface area contributed by atoms with Crippen molar-refractivity contribution in [2.24, 2.45) is 0 Å². The summed E-state index contributed by atoms with van der Waals surface area (Å²) in [6.07, 6.45) is 0. The third-order valence-corrected chi connectivity index (χ3v) is 4.12. The van der Waals surface area contributed by atoms with E-state index in [1.807, 2.05) is 30.3 Å². The molecule has 0 unspecified atom stereocenters. The molecular weight excluding hydrogens is 391 g/mol. The van der Waals surface area contributed by atoms with E-state index in [9.17, 15) is 9.59 Å². The number of carbonyl (C=O) groups excluding carboxylic acids is 2. The molecule has 0 saturated carbocycles. The molecule has 1 heterocycles. The monoisotopic (exact) mass is 404 g/mol. The van der Waals surface area contributed by atoms with Crippen LogP contribution in [0.1, 0.15) is 16.1 Å². The molecule has 8 heteroatoms. The summed E-state index contributed by atoms with van der Waals surface area (Å²) in [5, 5.41) is 6.91. The molecule has 0 bridgehead atoms. The number of carbonyl (C=O) groups is 2. The van der Waals surface area contributed by atoms with Gasteiger partial charge in [0.1, 0.15) is 18.8 Å². The van der Waals surface area contributed by atoms with Crippen molar-refractivity contribution in [2.45, 2.75) is 6.61 Å². The maximum Gasteiger partial charge on any atom is 0.325 e. The molecule has 6 nitrogen and oxygen atoms in total. The molecule has 0 spiro atoms. The van der Waals surface area contributed by atoms with Crippen molar-refractivity contribution in [2.75, 3.05) is 6.54 Å². The molecular formula is C19H14Cl2N2O4. The van der Waals surface area contributed by atoms with Crippen LogP contribution in [0.25, 0.3) is 11.3 Å². The summed E-state index contributed by atoms with van der Waals surface area (Å²) in [6, 6.07) is 15.6. The molecule has 0 atom stereocenters. The summed E-state index contributed by atoms with van der Waals surface area (Å²) in [6.45, 7) is -0.367. The minimum atomic E-state index is -0.613. The smallest absolute Gasteiger partial charge is 0.325 e. The molecule has 0 radical (unpaired) electrons. The highest BCUT2D eigenvalue weighted by Gasteiger charge is 2.13. The van der Waals surface area contributed by atoms with Crippen LogP contribution >= 0.6 is 23.2 Å². The average molecular weight is 405 g/mol. The molecule has 0 fully saturated rings. The SMILES string of the molecule is O=C(CNC(=O)c1ccc(Cl)cc1Cl)OCc1cc(-c2ccccc2)on1. The summed E-state index contributed by atoms with van der Waals surface area (Å²) >= 11 is 11.7. The van der Waals surface area contributed by atoms with Gasteiger partial charge in [0.15, 0.2) is 5.76 Å². The van der Waals surface area contributed by atoms with Gasteiger partial charge in [-0.2, -0.15) is 0 Å². The predicted molar refractivity (Wildman–Crippen MR) is 101 cm³/mol. The van der Waals surface area contributed by atoms with Gasteiger partial charge >= 0.3 is 5.97 Å². The van der Waals surface area contributed by atoms with E-state index in [2.05, 4.69) is 10.5 Å². The van der Waals surface area contributed by atoms with Crippen molar-refractivity contribution >= 4 is 35.1 Å². The lowest BCUT2D eigenvalue weighted by molar-refractivity contribution is -0.143. The van der Waals surface area contributed by atoms with E-state index in [4.69, 9.17) is 32.5 Å². The second-order valence-electron chi connectivity index (χ2n) is 5.52. The van der Waals surface area contributed by atoms with Gasteiger partial charge < -0.3 is 14.6 Å². The fourth-order valence-electron chi connectivity index (χ4n) is 2.25. The summed E-state index contributed by atoms with van der Waals surface area (Å²) in [7, 11) is 0. The highest BCUT2D eigenvalue weighted by Crippen LogP contribution is 2.21. The molecule has 0 aliphatic carbocycles. The molecule has 1 N–H and O–H groups in total. The Bertz CT molecular complexity index is 957. The summed E-state index contributed by atoms with van der Waals surface area (Å²) < 4.78 is 10.3. The fourth-order valence-corrected chi connectivity index (χ4v) is 2.74. The van der Waals surface area contributed by atoms with E-state index in [0.717, 1.165) is 5.56 Å². The summed E-state index contributed by atoms with van der Waals surface area (Å²) in [5.74, 6) is -0.536. The van der Waals surface area contributed by atoms with Crippen LogP contribution in [0.5, 0.6) is 0 Å². The van der Waals surface area contributed by atoms with Gasteiger partial charge in [0.2, 0.25) is 0 Å². The highest BCUT2D eigenvalue weighted by atomic mass is 35.5. The van der Waals surface area contributed by atoms with Crippen LogP contribution < -0.4 is 5.32 Å². The van der Waals surface area contributed by atoms with Gasteiger partial charge in [-0.15, -0.1) is 0 Å². The zero-order chi connectivity index (χ0) is 19.2. The number of rotatable bonds is 6. The lowest BCUT2D eigenvalue weighted by Crippen LogP contribution is -2.30. The zero-order valence-electron chi connectivity index (χ0n) is 13.9. The van der Waals surface area contributed by atoms with Crippen LogP contribution in [0.3, 0.4) is 0 Å². The topological polar surface area (TPSA) is 81.4 Å². The predicted octanol–water partition coefficient (Wildman–Crippen LogP) is 4.12. The molecule has 0 aliphatic heterocycles. The normalized spacial score (nSPS) is 10.4. The molecule has 3 aromatic rings. The first-order valence-corrected chi connectivity index (χ1v) is 8.68. The van der Waals surface area contributed by atoms with E-state index in [-0.39, 0.29) is 23.7 Å². The van der Waals surface area contributed by atoms with E-state index < -0.39 is 11.9 Å². The third kappa shape index (κ3) is 5.09. The number of amides is 1. The third-order valence-electron chi connectivity index (χ3n) is 3.57. The van der Waals surface area contributed by atoms with E-state index in [1.54, 1.807) is 6.07 Å². The van der Waals surface area contributed by atoms with Crippen molar-refractivity contribution < 1.29 is 18.8 Å². The van der Waals surface area contributed by atoms with Crippen molar-refractivity contribution in [3.63, 3.8) is 0 Å². The first-order valence-electron chi connectivity index (χ1n) is 7.93. The zero-order valence-corrected chi connectivity index (χ0v) is 15.5. The fraction of sp³-hybridized carbons (Fsp3) is 0.105. The molecule has 1 amide bonds. The Morgan fingerprint density at radius 3 is 2.59 bits per heavy atom. The van der Waals surface area contributed by atoms with Crippen molar-refractivity contribution in [1.29, 1.82) is 0 Å². The number of ether oxygens (including phenoxy) is 1. The quantitative estimate of drug-likeness (QED) is 0.624. The van der Waals surface area contributed by atoms with Crippen LogP contribution in [0.4, 0.5) is 0 Å². The average Bonchev–Trinajstić information content (AvgIpc) is 3.14. The number of benzene rings is 2. The van der Waals surface area contributed by atoms with Gasteiger partial charge in [0, 0.05) is 16.7 Å². The van der Waals surface area contributed by atoms with Crippen molar-refractivity contribution in [3.05, 3.63) is 75.9 Å². The Labute approximate surface area is 165 Å². The second kappa shape index (κ2) is 8.70. The lowest BCUT2D eigenvalue weighted by Gasteiger charge is -2.07. The van der Waals surface area contributed by atoms with Crippen molar-refractivity contribution in [1.82, 2.24) is 10.5 Å². The minimum Gasteiger partial charge on any atom is -0.458 e. The molecule has 1 aromatic heterocycles. The molecule has 27 heavy (non-hydrogen) atoms. The van der Waals surface area contributed by atoms with Gasteiger partial charge in [0.05, 0.1) is 10.6 Å². The number of hydrogen-bond donors (Lipinski definition) is 1. The molecule has 2 aromatic carbocycles. The van der Waals surface area contributed by atoms with Gasteiger partial charge in [-0.1, -0.05) is 58.7 Å². The van der Waals surface area contributed by atoms with Crippen molar-refractivity contribution in [3.8, 4) is 11.3 Å². The second-order valence-corrected chi connectivity index (χ2v) is 6.36. The Morgan fingerprint density at radius 1 is 1.07 bits per heavy atom. The van der Waals surface area contributed by atoms with Crippen LogP contribution in [-0.4, -0.2) is 23.6 Å². The molecule has 0 saturated heterocycles. The van der Waals surface area contributed by atoms with Crippen LogP contribution in [0.2, 0.25) is 10.0 Å². The maximum atomic E-state index is 12.0. The van der Waals surface area contributed by atoms with Crippen LogP contribution in [0.15, 0.2) is 59.1 Å². The first-order chi connectivity index (χ1) is 13.0. The Hall–Kier alpha value is -2.83. The van der Waals surface area contributed by atoms with Gasteiger partial charge in [-0.25, -0.2) is 0 Å². The highest BCUT2D eigenvalue weighted by molar-refractivity contribution is 6.36. The van der Waals surface area contributed by atoms with E-state index >= 15 is 0 Å². The van der Waals surface area contributed by atoms with Crippen LogP contribution in [-0.2, 0) is 16.1 Å². The minimum absolute atomic E-state index is 0.0628. The number of halogens is 2. The van der Waals surface area contributed by atoms with Gasteiger partial charge in [0.25, 0.3) is 5.91 Å². The number of aromatic nitrogens is 1. The summed E-state index contributed by atoms with van der Waals surface area (Å²) in [5.41, 5.74) is 1.56. The lowest BCUT2D eigenvalue weighted by atomic mass is 10.2. The number of esters is 1. The largest absolute Gasteiger partial charge is 0.458 e. The number of nitrogens with zero attached hydrogens (tertiary/aromatic N) is 1. The van der Waals surface area contributed by atoms with Gasteiger partial charge in [-0.05, 0) is 18.2 Å². The Morgan fingerprint density at radius 2 is 1.85 bits per heavy atom. The number of hydrogen-bond acceptors (Lipinski definition) is 5. The maximum absolute atomic E-state index is 12.0. The van der Waals surface area contributed by atoms with Gasteiger partial charge in [-0.3, -0.25) is 9.59 Å². The molecule has 3 rings (SSSR count). The van der Waals surface area contributed by atoms with E-state index in [1.165, 1.54) is 18.2 Å². The van der Waals surface area contributed by atoms with Crippen LogP contribution in [0, 0.1) is 0 Å².